The van der Waals surface area contributed by atoms with Crippen molar-refractivity contribution in [3.05, 3.63) is 0 Å². The summed E-state index contributed by atoms with van der Waals surface area (Å²) in [6.45, 7) is 7.06. The Kier molecular flexibility index (Phi) is 7.39. The first-order chi connectivity index (χ1) is 9.15. The lowest BCUT2D eigenvalue weighted by molar-refractivity contribution is -0.122. The van der Waals surface area contributed by atoms with E-state index in [2.05, 4.69) is 24.5 Å². The van der Waals surface area contributed by atoms with Crippen LogP contribution in [0.15, 0.2) is 0 Å². The van der Waals surface area contributed by atoms with Gasteiger partial charge in [0.25, 0.3) is 0 Å². The average Bonchev–Trinajstić information content (AvgIpc) is 2.48. The summed E-state index contributed by atoms with van der Waals surface area (Å²) in [6, 6.07) is 0. The van der Waals surface area contributed by atoms with Crippen LogP contribution in [0.4, 0.5) is 0 Å². The molecule has 0 aromatic carbocycles. The number of amides is 1. The highest BCUT2D eigenvalue weighted by atomic mass is 16.3. The number of hydrogen-bond acceptors (Lipinski definition) is 3. The molecular weight excluding hydrogens is 240 g/mol. The van der Waals surface area contributed by atoms with E-state index in [0.29, 0.717) is 18.9 Å². The van der Waals surface area contributed by atoms with E-state index in [1.165, 1.54) is 12.8 Å². The van der Waals surface area contributed by atoms with E-state index in [1.54, 1.807) is 0 Å². The average molecular weight is 270 g/mol. The molecule has 0 bridgehead atoms. The first-order valence-electron chi connectivity index (χ1n) is 7.74. The van der Waals surface area contributed by atoms with Crippen molar-refractivity contribution in [1.29, 1.82) is 0 Å². The number of nitrogens with one attached hydrogen (secondary N) is 2. The zero-order valence-corrected chi connectivity index (χ0v) is 12.5. The van der Waals surface area contributed by atoms with E-state index in [0.717, 1.165) is 32.4 Å². The number of carbonyl (C=O) groups is 1. The maximum atomic E-state index is 11.9. The minimum Gasteiger partial charge on any atom is -0.396 e. The van der Waals surface area contributed by atoms with Gasteiger partial charge >= 0.3 is 0 Å². The van der Waals surface area contributed by atoms with E-state index in [1.807, 2.05) is 0 Å². The third kappa shape index (κ3) is 5.49. The number of aliphatic hydroxyl groups is 1. The molecule has 112 valence electrons. The molecule has 0 atom stereocenters. The van der Waals surface area contributed by atoms with Crippen LogP contribution in [0.2, 0.25) is 0 Å². The van der Waals surface area contributed by atoms with Crippen molar-refractivity contribution >= 4 is 5.91 Å². The molecule has 1 fully saturated rings. The Morgan fingerprint density at radius 2 is 1.95 bits per heavy atom. The van der Waals surface area contributed by atoms with Crippen molar-refractivity contribution in [2.24, 2.45) is 11.3 Å². The molecule has 0 aromatic rings. The van der Waals surface area contributed by atoms with Crippen LogP contribution in [-0.4, -0.2) is 37.3 Å². The van der Waals surface area contributed by atoms with E-state index in [-0.39, 0.29) is 17.9 Å². The van der Waals surface area contributed by atoms with Gasteiger partial charge < -0.3 is 15.7 Å². The molecule has 1 rings (SSSR count). The fourth-order valence-electron chi connectivity index (χ4n) is 2.66. The molecule has 0 aromatic heterocycles. The van der Waals surface area contributed by atoms with Crippen LogP contribution < -0.4 is 10.6 Å². The molecule has 1 aliphatic rings. The van der Waals surface area contributed by atoms with Crippen molar-refractivity contribution in [1.82, 2.24) is 10.6 Å². The Labute approximate surface area is 117 Å². The van der Waals surface area contributed by atoms with Crippen molar-refractivity contribution in [3.8, 4) is 0 Å². The van der Waals surface area contributed by atoms with Gasteiger partial charge in [-0.05, 0) is 51.1 Å². The fourth-order valence-corrected chi connectivity index (χ4v) is 2.66. The summed E-state index contributed by atoms with van der Waals surface area (Å²) in [4.78, 5) is 11.9. The Balaban J connectivity index is 2.23. The van der Waals surface area contributed by atoms with Crippen molar-refractivity contribution in [2.45, 2.75) is 52.4 Å². The number of piperidine rings is 1. The molecule has 0 spiro atoms. The standard InChI is InChI=1S/C15H30N2O2/c1-3-15(4-2,12-18)11-17-14(19)6-5-13-7-9-16-10-8-13/h13,16,18H,3-12H2,1-2H3,(H,17,19). The van der Waals surface area contributed by atoms with Gasteiger partial charge in [0.15, 0.2) is 0 Å². The van der Waals surface area contributed by atoms with E-state index in [4.69, 9.17) is 0 Å². The van der Waals surface area contributed by atoms with Crippen LogP contribution in [0.25, 0.3) is 0 Å². The summed E-state index contributed by atoms with van der Waals surface area (Å²) < 4.78 is 0. The third-order valence-corrected chi connectivity index (χ3v) is 4.73. The monoisotopic (exact) mass is 270 g/mol. The number of rotatable bonds is 8. The highest BCUT2D eigenvalue weighted by Gasteiger charge is 2.25. The fraction of sp³-hybridized carbons (Fsp3) is 0.933. The van der Waals surface area contributed by atoms with Gasteiger partial charge in [-0.2, -0.15) is 0 Å². The van der Waals surface area contributed by atoms with Crippen LogP contribution in [0.1, 0.15) is 52.4 Å². The van der Waals surface area contributed by atoms with Crippen LogP contribution in [0.3, 0.4) is 0 Å². The topological polar surface area (TPSA) is 61.4 Å². The van der Waals surface area contributed by atoms with Gasteiger partial charge in [0.05, 0.1) is 6.61 Å². The zero-order chi connectivity index (χ0) is 14.1. The largest absolute Gasteiger partial charge is 0.396 e. The summed E-state index contributed by atoms with van der Waals surface area (Å²) in [5.41, 5.74) is -0.135. The molecule has 0 aliphatic carbocycles. The van der Waals surface area contributed by atoms with Crippen molar-refractivity contribution < 1.29 is 9.90 Å². The minimum absolute atomic E-state index is 0.135. The summed E-state index contributed by atoms with van der Waals surface area (Å²) in [5.74, 6) is 0.838. The van der Waals surface area contributed by atoms with Crippen LogP contribution in [0.5, 0.6) is 0 Å². The SMILES string of the molecule is CCC(CC)(CO)CNC(=O)CCC1CCNCC1. The number of carbonyl (C=O) groups excluding carboxylic acids is 1. The Morgan fingerprint density at radius 1 is 1.32 bits per heavy atom. The van der Waals surface area contributed by atoms with E-state index in [9.17, 15) is 9.90 Å². The smallest absolute Gasteiger partial charge is 0.220 e. The summed E-state index contributed by atoms with van der Waals surface area (Å²) in [6.07, 6.45) is 5.80. The molecule has 4 nitrogen and oxygen atoms in total. The molecular formula is C15H30N2O2. The summed E-state index contributed by atoms with van der Waals surface area (Å²) in [5, 5.41) is 15.8. The Morgan fingerprint density at radius 3 is 2.47 bits per heavy atom. The highest BCUT2D eigenvalue weighted by Crippen LogP contribution is 2.24. The molecule has 1 amide bonds. The highest BCUT2D eigenvalue weighted by molar-refractivity contribution is 5.75. The lowest BCUT2D eigenvalue weighted by Gasteiger charge is -2.29. The number of aliphatic hydroxyl groups excluding tert-OH is 1. The first kappa shape index (κ1) is 16.4. The van der Waals surface area contributed by atoms with Gasteiger partial charge in [-0.1, -0.05) is 13.8 Å². The normalized spacial score (nSPS) is 17.4. The van der Waals surface area contributed by atoms with Crippen LogP contribution in [0, 0.1) is 11.3 Å². The summed E-state index contributed by atoms with van der Waals surface area (Å²) >= 11 is 0. The summed E-state index contributed by atoms with van der Waals surface area (Å²) in [7, 11) is 0. The lowest BCUT2D eigenvalue weighted by Crippen LogP contribution is -2.39. The van der Waals surface area contributed by atoms with E-state index < -0.39 is 0 Å². The molecule has 4 heteroatoms. The van der Waals surface area contributed by atoms with Gasteiger partial charge in [0.1, 0.15) is 0 Å². The van der Waals surface area contributed by atoms with Crippen molar-refractivity contribution in [3.63, 3.8) is 0 Å². The predicted octanol–water partition coefficient (Wildman–Crippen LogP) is 1.68. The lowest BCUT2D eigenvalue weighted by atomic mass is 9.83. The Hall–Kier alpha value is -0.610. The molecule has 1 heterocycles. The molecule has 1 saturated heterocycles. The number of hydrogen-bond donors (Lipinski definition) is 3. The minimum atomic E-state index is -0.135. The molecule has 3 N–H and O–H groups in total. The second-order valence-electron chi connectivity index (χ2n) is 5.87. The van der Waals surface area contributed by atoms with Crippen molar-refractivity contribution in [2.75, 3.05) is 26.2 Å². The Bertz CT molecular complexity index is 251. The maximum absolute atomic E-state index is 11.9. The molecule has 19 heavy (non-hydrogen) atoms. The second-order valence-corrected chi connectivity index (χ2v) is 5.87. The first-order valence-corrected chi connectivity index (χ1v) is 7.74. The zero-order valence-electron chi connectivity index (χ0n) is 12.5. The quantitative estimate of drug-likeness (QED) is 0.629. The molecule has 1 aliphatic heterocycles. The second kappa shape index (κ2) is 8.54. The third-order valence-electron chi connectivity index (χ3n) is 4.73. The van der Waals surface area contributed by atoms with Crippen LogP contribution in [-0.2, 0) is 4.79 Å². The van der Waals surface area contributed by atoms with Gasteiger partial charge in [-0.15, -0.1) is 0 Å². The molecule has 0 radical (unpaired) electrons. The molecule has 0 saturated carbocycles. The van der Waals surface area contributed by atoms with Gasteiger partial charge in [-0.25, -0.2) is 0 Å². The van der Waals surface area contributed by atoms with E-state index >= 15 is 0 Å². The van der Waals surface area contributed by atoms with Crippen LogP contribution >= 0.6 is 0 Å². The van der Waals surface area contributed by atoms with Gasteiger partial charge in [0, 0.05) is 18.4 Å². The molecule has 0 unspecified atom stereocenters. The maximum Gasteiger partial charge on any atom is 0.220 e. The predicted molar refractivity (Wildman–Crippen MR) is 77.9 cm³/mol. The van der Waals surface area contributed by atoms with Gasteiger partial charge in [0.2, 0.25) is 5.91 Å². The van der Waals surface area contributed by atoms with Gasteiger partial charge in [-0.3, -0.25) is 4.79 Å².